The van der Waals surface area contributed by atoms with Gasteiger partial charge < -0.3 is 9.05 Å². The van der Waals surface area contributed by atoms with E-state index >= 15 is 0 Å². The van der Waals surface area contributed by atoms with E-state index in [4.69, 9.17) is 9.05 Å². The average Bonchev–Trinajstić information content (AvgIpc) is 2.77. The minimum absolute atomic E-state index is 0.109. The second kappa shape index (κ2) is 7.68. The van der Waals surface area contributed by atoms with Crippen LogP contribution >= 0.6 is 7.60 Å². The zero-order valence-electron chi connectivity index (χ0n) is 13.2. The van der Waals surface area contributed by atoms with E-state index in [-0.39, 0.29) is 24.5 Å². The SMILES string of the molecule is CCOP(=O)(CC=CCN1C(=O)c2ccccc2C1=O)OCC. The minimum atomic E-state index is -3.14. The number of hydrogen-bond acceptors (Lipinski definition) is 5. The Morgan fingerprint density at radius 1 is 1.00 bits per heavy atom. The van der Waals surface area contributed by atoms with E-state index in [2.05, 4.69) is 0 Å². The number of hydrogen-bond donors (Lipinski definition) is 0. The monoisotopic (exact) mass is 337 g/mol. The number of imide groups is 1. The van der Waals surface area contributed by atoms with Gasteiger partial charge in [0.15, 0.2) is 0 Å². The Hall–Kier alpha value is -1.75. The molecular formula is C16H20NO5P. The maximum Gasteiger partial charge on any atom is 0.334 e. The van der Waals surface area contributed by atoms with Crippen molar-refractivity contribution >= 4 is 19.4 Å². The molecule has 0 fully saturated rings. The van der Waals surface area contributed by atoms with Gasteiger partial charge in [-0.25, -0.2) is 0 Å². The van der Waals surface area contributed by atoms with E-state index in [0.717, 1.165) is 4.90 Å². The van der Waals surface area contributed by atoms with Crippen molar-refractivity contribution in [1.82, 2.24) is 4.90 Å². The fourth-order valence-electron chi connectivity index (χ4n) is 2.32. The summed E-state index contributed by atoms with van der Waals surface area (Å²) in [7, 11) is -3.14. The van der Waals surface area contributed by atoms with Gasteiger partial charge in [0.2, 0.25) is 0 Å². The Balaban J connectivity index is 1.98. The zero-order valence-corrected chi connectivity index (χ0v) is 14.1. The van der Waals surface area contributed by atoms with Crippen molar-refractivity contribution in [3.05, 3.63) is 47.5 Å². The van der Waals surface area contributed by atoms with Crippen LogP contribution in [0.1, 0.15) is 34.6 Å². The maximum atomic E-state index is 12.3. The predicted molar refractivity (Wildman–Crippen MR) is 86.7 cm³/mol. The Bertz CT molecular complexity index is 625. The molecule has 0 atom stereocenters. The van der Waals surface area contributed by atoms with Crippen molar-refractivity contribution in [2.45, 2.75) is 13.8 Å². The molecule has 1 heterocycles. The van der Waals surface area contributed by atoms with E-state index in [0.29, 0.717) is 24.3 Å². The lowest BCUT2D eigenvalue weighted by Crippen LogP contribution is -2.29. The summed E-state index contributed by atoms with van der Waals surface area (Å²) in [5, 5.41) is 0. The summed E-state index contributed by atoms with van der Waals surface area (Å²) in [6.45, 7) is 4.21. The summed E-state index contributed by atoms with van der Waals surface area (Å²) in [4.78, 5) is 25.5. The molecule has 0 spiro atoms. The van der Waals surface area contributed by atoms with Gasteiger partial charge in [-0.05, 0) is 26.0 Å². The summed E-state index contributed by atoms with van der Waals surface area (Å²) in [5.74, 6) is -0.624. The lowest BCUT2D eigenvalue weighted by molar-refractivity contribution is 0.0672. The highest BCUT2D eigenvalue weighted by molar-refractivity contribution is 7.54. The van der Waals surface area contributed by atoms with E-state index < -0.39 is 7.60 Å². The number of rotatable bonds is 8. The number of fused-ring (bicyclic) bond motifs is 1. The van der Waals surface area contributed by atoms with Gasteiger partial charge in [-0.2, -0.15) is 0 Å². The first-order valence-electron chi connectivity index (χ1n) is 7.50. The highest BCUT2D eigenvalue weighted by Gasteiger charge is 2.34. The van der Waals surface area contributed by atoms with Crippen molar-refractivity contribution < 1.29 is 23.2 Å². The highest BCUT2D eigenvalue weighted by Crippen LogP contribution is 2.47. The summed E-state index contributed by atoms with van der Waals surface area (Å²) in [5.41, 5.74) is 0.834. The maximum absolute atomic E-state index is 12.3. The van der Waals surface area contributed by atoms with Gasteiger partial charge in [-0.15, -0.1) is 0 Å². The van der Waals surface area contributed by atoms with Crippen LogP contribution in [-0.2, 0) is 13.6 Å². The van der Waals surface area contributed by atoms with Gasteiger partial charge >= 0.3 is 7.60 Å². The molecule has 2 amide bonds. The van der Waals surface area contributed by atoms with E-state index in [9.17, 15) is 14.2 Å². The Kier molecular flexibility index (Phi) is 5.88. The molecule has 0 bridgehead atoms. The summed E-state index contributed by atoms with van der Waals surface area (Å²) in [6, 6.07) is 6.73. The smallest absolute Gasteiger partial charge is 0.309 e. The molecule has 7 heteroatoms. The van der Waals surface area contributed by atoms with Crippen LogP contribution in [0, 0.1) is 0 Å². The molecule has 1 aliphatic rings. The summed E-state index contributed by atoms with van der Waals surface area (Å²) >= 11 is 0. The van der Waals surface area contributed by atoms with Crippen LogP contribution < -0.4 is 0 Å². The van der Waals surface area contributed by atoms with Crippen molar-refractivity contribution in [2.75, 3.05) is 25.9 Å². The molecule has 1 aromatic rings. The Labute approximate surface area is 135 Å². The average molecular weight is 337 g/mol. The summed E-state index contributed by atoms with van der Waals surface area (Å²) < 4.78 is 22.6. The molecule has 0 aliphatic carbocycles. The lowest BCUT2D eigenvalue weighted by Gasteiger charge is -2.15. The molecule has 23 heavy (non-hydrogen) atoms. The first kappa shape index (κ1) is 17.6. The Morgan fingerprint density at radius 2 is 1.52 bits per heavy atom. The van der Waals surface area contributed by atoms with Gasteiger partial charge in [-0.3, -0.25) is 19.1 Å². The van der Waals surface area contributed by atoms with Gasteiger partial charge in [0.1, 0.15) is 0 Å². The number of nitrogens with zero attached hydrogens (tertiary/aromatic N) is 1. The van der Waals surface area contributed by atoms with E-state index in [1.54, 1.807) is 50.3 Å². The highest BCUT2D eigenvalue weighted by atomic mass is 31.2. The summed E-state index contributed by atoms with van der Waals surface area (Å²) in [6.07, 6.45) is 3.36. The third-order valence-corrected chi connectivity index (χ3v) is 5.27. The van der Waals surface area contributed by atoms with Crippen molar-refractivity contribution in [3.63, 3.8) is 0 Å². The quantitative estimate of drug-likeness (QED) is 0.414. The number of carbonyl (C=O) groups excluding carboxylic acids is 2. The van der Waals surface area contributed by atoms with Crippen LogP contribution in [0.5, 0.6) is 0 Å². The zero-order chi connectivity index (χ0) is 16.9. The van der Waals surface area contributed by atoms with Crippen LogP contribution in [0.2, 0.25) is 0 Å². The molecule has 0 saturated carbocycles. The lowest BCUT2D eigenvalue weighted by atomic mass is 10.1. The molecule has 0 unspecified atom stereocenters. The molecule has 124 valence electrons. The van der Waals surface area contributed by atoms with E-state index in [1.165, 1.54) is 0 Å². The standard InChI is InChI=1S/C16H20NO5P/c1-3-21-23(20,22-4-2)12-8-7-11-17-15(18)13-9-5-6-10-14(13)16(17)19/h5-10H,3-4,11-12H2,1-2H3. The molecule has 1 aromatic carbocycles. The van der Waals surface area contributed by atoms with Crippen LogP contribution in [0.4, 0.5) is 0 Å². The van der Waals surface area contributed by atoms with Crippen molar-refractivity contribution in [1.29, 1.82) is 0 Å². The number of allylic oxidation sites excluding steroid dienone is 1. The van der Waals surface area contributed by atoms with Crippen molar-refractivity contribution in [3.8, 4) is 0 Å². The van der Waals surface area contributed by atoms with Crippen LogP contribution in [0.15, 0.2) is 36.4 Å². The molecular weight excluding hydrogens is 317 g/mol. The molecule has 6 nitrogen and oxygen atoms in total. The second-order valence-corrected chi connectivity index (χ2v) is 6.97. The number of benzene rings is 1. The largest absolute Gasteiger partial charge is 0.334 e. The first-order chi connectivity index (χ1) is 11.0. The van der Waals surface area contributed by atoms with Crippen LogP contribution in [0.3, 0.4) is 0 Å². The molecule has 0 radical (unpaired) electrons. The Morgan fingerprint density at radius 3 is 2.00 bits per heavy atom. The van der Waals surface area contributed by atoms with Gasteiger partial charge in [0, 0.05) is 6.54 Å². The van der Waals surface area contributed by atoms with Gasteiger partial charge in [0.05, 0.1) is 30.5 Å². The van der Waals surface area contributed by atoms with E-state index in [1.807, 2.05) is 0 Å². The fraction of sp³-hybridized carbons (Fsp3) is 0.375. The number of amides is 2. The minimum Gasteiger partial charge on any atom is -0.309 e. The molecule has 0 saturated heterocycles. The van der Waals surface area contributed by atoms with Crippen molar-refractivity contribution in [2.24, 2.45) is 0 Å². The second-order valence-electron chi connectivity index (χ2n) is 4.87. The molecule has 2 rings (SSSR count). The molecule has 0 aromatic heterocycles. The normalized spacial score (nSPS) is 14.8. The van der Waals surface area contributed by atoms with Gasteiger partial charge in [0.25, 0.3) is 11.8 Å². The predicted octanol–water partition coefficient (Wildman–Crippen LogP) is 3.10. The van der Waals surface area contributed by atoms with Crippen LogP contribution in [0.25, 0.3) is 0 Å². The van der Waals surface area contributed by atoms with Gasteiger partial charge in [-0.1, -0.05) is 24.3 Å². The third-order valence-electron chi connectivity index (χ3n) is 3.31. The molecule has 1 aliphatic heterocycles. The first-order valence-corrected chi connectivity index (χ1v) is 9.23. The van der Waals surface area contributed by atoms with Crippen LogP contribution in [-0.4, -0.2) is 42.6 Å². The number of carbonyl (C=O) groups is 2. The molecule has 0 N–H and O–H groups in total. The third kappa shape index (κ3) is 3.96. The topological polar surface area (TPSA) is 72.9 Å². The fourth-order valence-corrected chi connectivity index (χ4v) is 3.80.